The van der Waals surface area contributed by atoms with E-state index in [1.165, 1.54) is 23.0 Å². The lowest BCUT2D eigenvalue weighted by Crippen LogP contribution is -2.14. The van der Waals surface area contributed by atoms with Crippen LogP contribution in [0.2, 0.25) is 0 Å². The molecule has 0 aliphatic rings. The van der Waals surface area contributed by atoms with Crippen LogP contribution in [-0.2, 0) is 0 Å². The average molecular weight is 433 g/mol. The standard InChI is InChI=1S/C23H23N5O4/c1-3-14(12-5-7-13(29)8-6-12)15(4-2)16-9-18(30)19(31)10-17(16)28-11-25-21-20(28)22(32)27-23(24)26-21/h5-11,29-31H,3-4H2,1-2H3,(H3,24,26,27,32)/b15-14+. The van der Waals surface area contributed by atoms with E-state index in [1.54, 1.807) is 12.1 Å². The maximum Gasteiger partial charge on any atom is 0.278 e. The molecule has 0 atom stereocenters. The largest absolute Gasteiger partial charge is 0.508 e. The van der Waals surface area contributed by atoms with Gasteiger partial charge < -0.3 is 21.1 Å². The molecule has 0 spiro atoms. The number of allylic oxidation sites excluding steroid dienone is 2. The first-order valence-electron chi connectivity index (χ1n) is 10.1. The van der Waals surface area contributed by atoms with Crippen molar-refractivity contribution in [2.45, 2.75) is 26.7 Å². The van der Waals surface area contributed by atoms with Crippen LogP contribution in [0.1, 0.15) is 37.8 Å². The van der Waals surface area contributed by atoms with Crippen LogP contribution < -0.4 is 11.3 Å². The van der Waals surface area contributed by atoms with Gasteiger partial charge in [-0.25, -0.2) is 4.98 Å². The van der Waals surface area contributed by atoms with Crippen molar-refractivity contribution in [2.75, 3.05) is 5.73 Å². The van der Waals surface area contributed by atoms with Gasteiger partial charge in [0.15, 0.2) is 22.7 Å². The third kappa shape index (κ3) is 3.53. The van der Waals surface area contributed by atoms with Gasteiger partial charge in [0, 0.05) is 11.6 Å². The molecule has 0 aliphatic heterocycles. The molecule has 2 heterocycles. The lowest BCUT2D eigenvalue weighted by molar-refractivity contribution is 0.403. The smallest absolute Gasteiger partial charge is 0.278 e. The zero-order valence-electron chi connectivity index (χ0n) is 17.6. The first-order chi connectivity index (χ1) is 15.3. The number of anilines is 1. The van der Waals surface area contributed by atoms with Crippen LogP contribution in [0.5, 0.6) is 17.2 Å². The molecule has 0 amide bonds. The van der Waals surface area contributed by atoms with Gasteiger partial charge in [-0.05, 0) is 47.8 Å². The molecule has 9 nitrogen and oxygen atoms in total. The van der Waals surface area contributed by atoms with Gasteiger partial charge in [0.2, 0.25) is 5.95 Å². The highest BCUT2D eigenvalue weighted by molar-refractivity contribution is 5.94. The summed E-state index contributed by atoms with van der Waals surface area (Å²) in [6, 6.07) is 9.76. The van der Waals surface area contributed by atoms with Gasteiger partial charge in [-0.3, -0.25) is 14.3 Å². The van der Waals surface area contributed by atoms with E-state index in [4.69, 9.17) is 5.73 Å². The van der Waals surface area contributed by atoms with Crippen LogP contribution in [0.15, 0.2) is 47.5 Å². The fourth-order valence-electron chi connectivity index (χ4n) is 3.96. The molecule has 0 aliphatic carbocycles. The van der Waals surface area contributed by atoms with Gasteiger partial charge in [0.05, 0.1) is 5.69 Å². The topological polar surface area (TPSA) is 150 Å². The number of nitrogens with one attached hydrogen (secondary N) is 1. The Bertz CT molecular complexity index is 1400. The number of hydrogen-bond donors (Lipinski definition) is 5. The predicted molar refractivity (Wildman–Crippen MR) is 123 cm³/mol. The van der Waals surface area contributed by atoms with E-state index in [0.717, 1.165) is 16.7 Å². The molecule has 0 saturated carbocycles. The normalized spacial score (nSPS) is 12.2. The zero-order chi connectivity index (χ0) is 23.0. The maximum absolute atomic E-state index is 12.6. The number of imidazole rings is 1. The number of phenols is 3. The van der Waals surface area contributed by atoms with Crippen LogP contribution >= 0.6 is 0 Å². The van der Waals surface area contributed by atoms with Crippen molar-refractivity contribution in [1.29, 1.82) is 0 Å². The molecule has 0 saturated heterocycles. The number of nitrogens with zero attached hydrogens (tertiary/aromatic N) is 3. The van der Waals surface area contributed by atoms with Gasteiger partial charge in [-0.1, -0.05) is 26.0 Å². The monoisotopic (exact) mass is 433 g/mol. The second-order valence-electron chi connectivity index (χ2n) is 7.31. The Morgan fingerprint density at radius 2 is 1.69 bits per heavy atom. The molecule has 2 aromatic carbocycles. The lowest BCUT2D eigenvalue weighted by atomic mass is 9.90. The molecular formula is C23H23N5O4. The van der Waals surface area contributed by atoms with Crippen LogP contribution in [0.4, 0.5) is 5.95 Å². The van der Waals surface area contributed by atoms with Crippen molar-refractivity contribution in [1.82, 2.24) is 19.5 Å². The van der Waals surface area contributed by atoms with Crippen molar-refractivity contribution in [3.8, 4) is 22.9 Å². The van der Waals surface area contributed by atoms with Crippen molar-refractivity contribution in [3.05, 3.63) is 64.2 Å². The predicted octanol–water partition coefficient (Wildman–Crippen LogP) is 3.54. The highest BCUT2D eigenvalue weighted by Gasteiger charge is 2.20. The van der Waals surface area contributed by atoms with Crippen LogP contribution in [0, 0.1) is 0 Å². The number of aromatic amines is 1. The summed E-state index contributed by atoms with van der Waals surface area (Å²) in [6.07, 6.45) is 2.72. The second kappa shape index (κ2) is 8.10. The molecule has 0 bridgehead atoms. The minimum atomic E-state index is -0.472. The zero-order valence-corrected chi connectivity index (χ0v) is 17.6. The second-order valence-corrected chi connectivity index (χ2v) is 7.31. The number of H-pyrrole nitrogens is 1. The van der Waals surface area contributed by atoms with E-state index in [9.17, 15) is 20.1 Å². The van der Waals surface area contributed by atoms with Crippen LogP contribution in [0.25, 0.3) is 28.0 Å². The van der Waals surface area contributed by atoms with E-state index in [2.05, 4.69) is 15.0 Å². The minimum absolute atomic E-state index is 0.0451. The molecule has 0 radical (unpaired) electrons. The van der Waals surface area contributed by atoms with Gasteiger partial charge in [-0.15, -0.1) is 0 Å². The summed E-state index contributed by atoms with van der Waals surface area (Å²) >= 11 is 0. The summed E-state index contributed by atoms with van der Waals surface area (Å²) in [4.78, 5) is 23.3. The third-order valence-electron chi connectivity index (χ3n) is 5.40. The van der Waals surface area contributed by atoms with Gasteiger partial charge in [-0.2, -0.15) is 4.98 Å². The van der Waals surface area contributed by atoms with Crippen LogP contribution in [-0.4, -0.2) is 34.8 Å². The quantitative estimate of drug-likeness (QED) is 0.239. The first kappa shape index (κ1) is 21.0. The Kier molecular flexibility index (Phi) is 5.31. The van der Waals surface area contributed by atoms with E-state index in [0.29, 0.717) is 24.1 Å². The Morgan fingerprint density at radius 1 is 1.03 bits per heavy atom. The number of hydrogen-bond acceptors (Lipinski definition) is 7. The molecule has 4 aromatic rings. The van der Waals surface area contributed by atoms with Crippen molar-refractivity contribution in [2.24, 2.45) is 0 Å². The minimum Gasteiger partial charge on any atom is -0.508 e. The number of aromatic hydroxyl groups is 3. The Morgan fingerprint density at radius 3 is 2.34 bits per heavy atom. The molecule has 164 valence electrons. The number of fused-ring (bicyclic) bond motifs is 1. The van der Waals surface area contributed by atoms with Gasteiger partial charge in [0.25, 0.3) is 5.56 Å². The van der Waals surface area contributed by atoms with Crippen molar-refractivity contribution >= 4 is 28.3 Å². The van der Waals surface area contributed by atoms with Crippen molar-refractivity contribution in [3.63, 3.8) is 0 Å². The van der Waals surface area contributed by atoms with E-state index in [-0.39, 0.29) is 34.4 Å². The fourth-order valence-corrected chi connectivity index (χ4v) is 3.96. The number of phenolic OH excluding ortho intramolecular Hbond substituents is 3. The van der Waals surface area contributed by atoms with E-state index < -0.39 is 5.56 Å². The number of nitrogens with two attached hydrogens (primary N) is 1. The Hall–Kier alpha value is -4.27. The van der Waals surface area contributed by atoms with Crippen LogP contribution in [0.3, 0.4) is 0 Å². The molecule has 9 heteroatoms. The Balaban J connectivity index is 2.05. The molecule has 4 rings (SSSR count). The fraction of sp³-hybridized carbons (Fsp3) is 0.174. The molecule has 2 aromatic heterocycles. The van der Waals surface area contributed by atoms with E-state index in [1.807, 2.05) is 26.0 Å². The summed E-state index contributed by atoms with van der Waals surface area (Å²) in [5.41, 5.74) is 9.41. The number of aromatic nitrogens is 4. The maximum atomic E-state index is 12.6. The first-order valence-corrected chi connectivity index (χ1v) is 10.1. The summed E-state index contributed by atoms with van der Waals surface area (Å²) in [5, 5.41) is 30.2. The SMILES string of the molecule is CC/C(=C(/CC)c1cc(O)c(O)cc1-n1cnc2nc(N)[nH]c(=O)c21)c1ccc(O)cc1. The molecular weight excluding hydrogens is 410 g/mol. The van der Waals surface area contributed by atoms with E-state index >= 15 is 0 Å². The van der Waals surface area contributed by atoms with Gasteiger partial charge >= 0.3 is 0 Å². The highest BCUT2D eigenvalue weighted by Crippen LogP contribution is 2.40. The summed E-state index contributed by atoms with van der Waals surface area (Å²) in [6.45, 7) is 4.00. The van der Waals surface area contributed by atoms with Gasteiger partial charge in [0.1, 0.15) is 12.1 Å². The molecule has 0 fully saturated rings. The average Bonchev–Trinajstić information content (AvgIpc) is 3.18. The van der Waals surface area contributed by atoms with Crippen molar-refractivity contribution < 1.29 is 15.3 Å². The summed E-state index contributed by atoms with van der Waals surface area (Å²) in [7, 11) is 0. The lowest BCUT2D eigenvalue weighted by Gasteiger charge is -2.19. The molecule has 0 unspecified atom stereocenters. The molecule has 32 heavy (non-hydrogen) atoms. The molecule has 6 N–H and O–H groups in total. The number of nitrogen functional groups attached to an aromatic ring is 1. The third-order valence-corrected chi connectivity index (χ3v) is 5.40. The summed E-state index contributed by atoms with van der Waals surface area (Å²) in [5.74, 6) is -0.488. The highest BCUT2D eigenvalue weighted by atomic mass is 16.3. The number of benzene rings is 2. The Labute approximate surface area is 183 Å². The summed E-state index contributed by atoms with van der Waals surface area (Å²) < 4.78 is 1.52. The number of rotatable bonds is 5.